The Morgan fingerprint density at radius 1 is 0.931 bits per heavy atom. The fourth-order valence-corrected chi connectivity index (χ4v) is 3.24. The van der Waals surface area contributed by atoms with E-state index >= 15 is 0 Å². The van der Waals surface area contributed by atoms with Crippen molar-refractivity contribution in [2.24, 2.45) is 0 Å². The van der Waals surface area contributed by atoms with Gasteiger partial charge in [-0.2, -0.15) is 0 Å². The summed E-state index contributed by atoms with van der Waals surface area (Å²) in [7, 11) is 0. The Kier molecular flexibility index (Phi) is 7.40. The number of hydrazine groups is 1. The van der Waals surface area contributed by atoms with Crippen LogP contribution in [0.4, 0.5) is 0 Å². The van der Waals surface area contributed by atoms with Crippen molar-refractivity contribution in [2.45, 2.75) is 31.7 Å². The second-order valence-corrected chi connectivity index (χ2v) is 7.16. The molecule has 1 aliphatic rings. The third kappa shape index (κ3) is 6.76. The van der Waals surface area contributed by atoms with Crippen molar-refractivity contribution < 1.29 is 14.3 Å². The Labute approximate surface area is 175 Å². The lowest BCUT2D eigenvalue weighted by atomic mass is 10.2. The number of rotatable bonds is 6. The van der Waals surface area contributed by atoms with Gasteiger partial charge >= 0.3 is 0 Å². The number of carbonyl (C=O) groups excluding carboxylic acids is 2. The monoisotopic (exact) mass is 412 g/mol. The first-order valence-corrected chi connectivity index (χ1v) is 9.97. The van der Waals surface area contributed by atoms with Gasteiger partial charge in [0.15, 0.2) is 5.11 Å². The molecule has 0 saturated heterocycles. The SMILES string of the molecule is O=C(CNC(=O)c1ccc(Oc2ccccc2)cc1)NNC(=S)NC1CCCC1. The van der Waals surface area contributed by atoms with E-state index in [-0.39, 0.29) is 12.5 Å². The average molecular weight is 413 g/mol. The third-order valence-corrected chi connectivity index (χ3v) is 4.73. The lowest BCUT2D eigenvalue weighted by Crippen LogP contribution is -2.51. The molecule has 1 fully saturated rings. The molecule has 4 N–H and O–H groups in total. The number of hydrogen-bond donors (Lipinski definition) is 4. The zero-order chi connectivity index (χ0) is 20.5. The minimum atomic E-state index is -0.391. The van der Waals surface area contributed by atoms with Crippen LogP contribution in [0.25, 0.3) is 0 Å². The van der Waals surface area contributed by atoms with Crippen molar-refractivity contribution >= 4 is 29.1 Å². The topological polar surface area (TPSA) is 91.5 Å². The molecule has 8 heteroatoms. The van der Waals surface area contributed by atoms with E-state index in [1.165, 1.54) is 12.8 Å². The summed E-state index contributed by atoms with van der Waals surface area (Å²) in [5.74, 6) is 0.600. The number of nitrogens with one attached hydrogen (secondary N) is 4. The maximum atomic E-state index is 12.2. The van der Waals surface area contributed by atoms with E-state index in [9.17, 15) is 9.59 Å². The van der Waals surface area contributed by atoms with E-state index in [2.05, 4.69) is 21.5 Å². The Bertz CT molecular complexity index is 837. The van der Waals surface area contributed by atoms with Gasteiger partial charge in [0, 0.05) is 11.6 Å². The van der Waals surface area contributed by atoms with Crippen molar-refractivity contribution in [3.05, 3.63) is 60.2 Å². The van der Waals surface area contributed by atoms with Crippen molar-refractivity contribution in [2.75, 3.05) is 6.54 Å². The Morgan fingerprint density at radius 2 is 1.59 bits per heavy atom. The van der Waals surface area contributed by atoms with Crippen LogP contribution in [0.2, 0.25) is 0 Å². The smallest absolute Gasteiger partial charge is 0.257 e. The van der Waals surface area contributed by atoms with E-state index in [0.717, 1.165) is 12.8 Å². The van der Waals surface area contributed by atoms with Gasteiger partial charge in [0.2, 0.25) is 0 Å². The van der Waals surface area contributed by atoms with Gasteiger partial charge in [0.1, 0.15) is 11.5 Å². The van der Waals surface area contributed by atoms with Crippen LogP contribution in [0.1, 0.15) is 36.0 Å². The zero-order valence-corrected chi connectivity index (χ0v) is 16.8. The summed E-state index contributed by atoms with van der Waals surface area (Å²) in [6.07, 6.45) is 4.55. The molecule has 0 atom stereocenters. The van der Waals surface area contributed by atoms with Crippen molar-refractivity contribution in [1.29, 1.82) is 0 Å². The van der Waals surface area contributed by atoms with Gasteiger partial charge in [-0.15, -0.1) is 0 Å². The number of ether oxygens (including phenoxy) is 1. The van der Waals surface area contributed by atoms with Crippen molar-refractivity contribution in [3.63, 3.8) is 0 Å². The normalized spacial score (nSPS) is 13.4. The summed E-state index contributed by atoms with van der Waals surface area (Å²) in [6, 6.07) is 16.4. The molecule has 1 saturated carbocycles. The van der Waals surface area contributed by atoms with E-state index in [4.69, 9.17) is 17.0 Å². The third-order valence-electron chi connectivity index (χ3n) is 4.51. The van der Waals surface area contributed by atoms with Crippen LogP contribution in [0.3, 0.4) is 0 Å². The molecule has 0 aliphatic heterocycles. The number of hydrogen-bond acceptors (Lipinski definition) is 4. The predicted octanol–water partition coefficient (Wildman–Crippen LogP) is 2.65. The second kappa shape index (κ2) is 10.4. The van der Waals surface area contributed by atoms with Crippen LogP contribution in [0, 0.1) is 0 Å². The summed E-state index contributed by atoms with van der Waals surface area (Å²) in [6.45, 7) is -0.167. The fraction of sp³-hybridized carbons (Fsp3) is 0.286. The lowest BCUT2D eigenvalue weighted by molar-refractivity contribution is -0.120. The molecule has 2 amide bonds. The molecule has 2 aromatic carbocycles. The first-order chi connectivity index (χ1) is 14.1. The van der Waals surface area contributed by atoms with Crippen LogP contribution >= 0.6 is 12.2 Å². The highest BCUT2D eigenvalue weighted by Gasteiger charge is 2.15. The molecule has 0 spiro atoms. The summed E-state index contributed by atoms with van der Waals surface area (Å²) in [5.41, 5.74) is 5.56. The number of thiocarbonyl (C=S) groups is 1. The highest BCUT2D eigenvalue weighted by Crippen LogP contribution is 2.21. The molecule has 0 aromatic heterocycles. The van der Waals surface area contributed by atoms with E-state index in [1.807, 2.05) is 30.3 Å². The van der Waals surface area contributed by atoms with Crippen LogP contribution in [-0.2, 0) is 4.79 Å². The molecule has 2 aromatic rings. The number of carbonyl (C=O) groups is 2. The Morgan fingerprint density at radius 3 is 2.28 bits per heavy atom. The van der Waals surface area contributed by atoms with Gasteiger partial charge in [-0.3, -0.25) is 20.4 Å². The minimum Gasteiger partial charge on any atom is -0.457 e. The molecule has 0 bridgehead atoms. The molecule has 152 valence electrons. The minimum absolute atomic E-state index is 0.167. The van der Waals surface area contributed by atoms with Crippen LogP contribution in [0.15, 0.2) is 54.6 Å². The maximum Gasteiger partial charge on any atom is 0.257 e. The number of benzene rings is 2. The standard InChI is InChI=1S/C21H24N4O3S/c26-19(24-25-21(29)23-16-6-4-5-7-16)14-22-20(27)15-10-12-18(13-11-15)28-17-8-2-1-3-9-17/h1-3,8-13,16H,4-7,14H2,(H,22,27)(H,24,26)(H2,23,25,29). The van der Waals surface area contributed by atoms with Crippen molar-refractivity contribution in [3.8, 4) is 11.5 Å². The van der Waals surface area contributed by atoms with Gasteiger partial charge in [0.05, 0.1) is 6.54 Å². The summed E-state index contributed by atoms with van der Waals surface area (Å²) in [5, 5.41) is 6.10. The van der Waals surface area contributed by atoms with Crippen LogP contribution < -0.4 is 26.2 Å². The first-order valence-electron chi connectivity index (χ1n) is 9.56. The van der Waals surface area contributed by atoms with Gasteiger partial charge in [-0.1, -0.05) is 31.0 Å². The first kappa shape index (κ1) is 20.6. The fourth-order valence-electron chi connectivity index (χ4n) is 3.02. The quantitative estimate of drug-likeness (QED) is 0.431. The van der Waals surface area contributed by atoms with E-state index in [1.54, 1.807) is 24.3 Å². The van der Waals surface area contributed by atoms with Crippen molar-refractivity contribution in [1.82, 2.24) is 21.5 Å². The number of para-hydroxylation sites is 1. The van der Waals surface area contributed by atoms with Crippen LogP contribution in [0.5, 0.6) is 11.5 Å². The summed E-state index contributed by atoms with van der Waals surface area (Å²) in [4.78, 5) is 24.1. The van der Waals surface area contributed by atoms with Crippen LogP contribution in [-0.4, -0.2) is 29.5 Å². The molecule has 3 rings (SSSR count). The van der Waals surface area contributed by atoms with Gasteiger partial charge in [-0.05, 0) is 61.5 Å². The van der Waals surface area contributed by atoms with Gasteiger partial charge in [0.25, 0.3) is 11.8 Å². The number of amides is 2. The Balaban J connectivity index is 1.38. The van der Waals surface area contributed by atoms with Gasteiger partial charge in [-0.25, -0.2) is 0 Å². The summed E-state index contributed by atoms with van der Waals surface area (Å²) < 4.78 is 5.69. The predicted molar refractivity (Wildman–Crippen MR) is 115 cm³/mol. The summed E-state index contributed by atoms with van der Waals surface area (Å²) >= 11 is 5.14. The maximum absolute atomic E-state index is 12.2. The molecular formula is C21H24N4O3S. The Hall–Kier alpha value is -3.13. The van der Waals surface area contributed by atoms with E-state index < -0.39 is 5.91 Å². The molecule has 7 nitrogen and oxygen atoms in total. The lowest BCUT2D eigenvalue weighted by Gasteiger charge is -2.16. The molecule has 0 heterocycles. The molecule has 0 unspecified atom stereocenters. The van der Waals surface area contributed by atoms with E-state index in [0.29, 0.717) is 28.2 Å². The molecule has 29 heavy (non-hydrogen) atoms. The molecule has 0 radical (unpaired) electrons. The van der Waals surface area contributed by atoms with Gasteiger partial charge < -0.3 is 15.4 Å². The zero-order valence-electron chi connectivity index (χ0n) is 15.9. The highest BCUT2D eigenvalue weighted by atomic mass is 32.1. The molecule has 1 aliphatic carbocycles. The molecular weight excluding hydrogens is 388 g/mol. The highest BCUT2D eigenvalue weighted by molar-refractivity contribution is 7.80. The average Bonchev–Trinajstić information content (AvgIpc) is 3.25. The second-order valence-electron chi connectivity index (χ2n) is 6.75. The largest absolute Gasteiger partial charge is 0.457 e.